The molecule has 1 fully saturated rings. The van der Waals surface area contributed by atoms with Crippen LogP contribution in [0.2, 0.25) is 5.02 Å². The number of rotatable bonds is 3. The summed E-state index contributed by atoms with van der Waals surface area (Å²) in [5.41, 5.74) is 1.90. The van der Waals surface area contributed by atoms with Gasteiger partial charge in [-0.1, -0.05) is 17.7 Å². The number of imidazole rings is 1. The van der Waals surface area contributed by atoms with E-state index in [1.165, 1.54) is 12.1 Å². The Bertz CT molecular complexity index is 576. The van der Waals surface area contributed by atoms with Crippen molar-refractivity contribution in [2.75, 3.05) is 19.7 Å². The second kappa shape index (κ2) is 5.91. The highest BCUT2D eigenvalue weighted by Crippen LogP contribution is 2.29. The summed E-state index contributed by atoms with van der Waals surface area (Å²) in [4.78, 5) is 9.37. The molecule has 4 nitrogen and oxygen atoms in total. The summed E-state index contributed by atoms with van der Waals surface area (Å²) in [5, 5.41) is 0.415. The Labute approximate surface area is 121 Å². The van der Waals surface area contributed by atoms with Gasteiger partial charge in [-0.15, -0.1) is 0 Å². The number of morpholine rings is 1. The molecule has 0 bridgehead atoms. The van der Waals surface area contributed by atoms with E-state index in [0.29, 0.717) is 11.6 Å². The molecular weight excluding hydrogens is 281 g/mol. The van der Waals surface area contributed by atoms with Crippen LogP contribution >= 0.6 is 11.6 Å². The van der Waals surface area contributed by atoms with Crippen molar-refractivity contribution in [1.29, 1.82) is 0 Å². The third-order valence-electron chi connectivity index (χ3n) is 3.41. The Morgan fingerprint density at radius 3 is 3.15 bits per heavy atom. The topological polar surface area (TPSA) is 41.2 Å². The maximum Gasteiger partial charge on any atom is 0.124 e. The monoisotopic (exact) mass is 295 g/mol. The van der Waals surface area contributed by atoms with E-state index in [9.17, 15) is 4.39 Å². The molecule has 1 aromatic heterocycles. The largest absolute Gasteiger partial charge is 0.371 e. The lowest BCUT2D eigenvalue weighted by Crippen LogP contribution is -2.38. The Morgan fingerprint density at radius 2 is 2.40 bits per heavy atom. The molecule has 0 radical (unpaired) electrons. The van der Waals surface area contributed by atoms with Crippen molar-refractivity contribution in [3.63, 3.8) is 0 Å². The molecular formula is C14H15ClFN3O. The van der Waals surface area contributed by atoms with Gasteiger partial charge in [0.25, 0.3) is 0 Å². The highest BCUT2D eigenvalue weighted by atomic mass is 35.5. The predicted molar refractivity (Wildman–Crippen MR) is 74.0 cm³/mol. The van der Waals surface area contributed by atoms with Crippen LogP contribution in [0.25, 0.3) is 0 Å². The van der Waals surface area contributed by atoms with Crippen molar-refractivity contribution in [3.05, 3.63) is 52.8 Å². The van der Waals surface area contributed by atoms with Gasteiger partial charge in [-0.05, 0) is 12.1 Å². The highest BCUT2D eigenvalue weighted by molar-refractivity contribution is 6.31. The van der Waals surface area contributed by atoms with Crippen LogP contribution in [0.15, 0.2) is 30.7 Å². The first kappa shape index (κ1) is 13.5. The van der Waals surface area contributed by atoms with Crippen LogP contribution in [0.1, 0.15) is 17.4 Å². The van der Waals surface area contributed by atoms with E-state index in [2.05, 4.69) is 14.9 Å². The predicted octanol–water partition coefficient (Wildman–Crippen LogP) is 2.78. The van der Waals surface area contributed by atoms with Gasteiger partial charge in [0.1, 0.15) is 5.82 Å². The number of ether oxygens (including phenoxy) is 1. The van der Waals surface area contributed by atoms with Gasteiger partial charge in [-0.3, -0.25) is 4.90 Å². The normalized spacial score (nSPS) is 20.2. The molecule has 1 atom stereocenters. The van der Waals surface area contributed by atoms with Gasteiger partial charge in [-0.25, -0.2) is 9.37 Å². The summed E-state index contributed by atoms with van der Waals surface area (Å²) in [7, 11) is 0. The molecule has 2 heterocycles. The Hall–Kier alpha value is -1.43. The van der Waals surface area contributed by atoms with Crippen molar-refractivity contribution < 1.29 is 9.13 Å². The van der Waals surface area contributed by atoms with Crippen LogP contribution in [0.5, 0.6) is 0 Å². The molecule has 20 heavy (non-hydrogen) atoms. The van der Waals surface area contributed by atoms with Gasteiger partial charge in [-0.2, -0.15) is 0 Å². The number of nitrogens with one attached hydrogen (secondary N) is 1. The third-order valence-corrected chi connectivity index (χ3v) is 3.74. The summed E-state index contributed by atoms with van der Waals surface area (Å²) in [6.07, 6.45) is 3.36. The first-order valence-corrected chi connectivity index (χ1v) is 6.86. The molecule has 2 aromatic rings. The minimum atomic E-state index is -0.330. The van der Waals surface area contributed by atoms with E-state index in [1.807, 2.05) is 6.20 Å². The van der Waals surface area contributed by atoms with Gasteiger partial charge in [0, 0.05) is 42.1 Å². The summed E-state index contributed by atoms with van der Waals surface area (Å²) >= 11 is 6.10. The van der Waals surface area contributed by atoms with Crippen molar-refractivity contribution in [2.45, 2.75) is 12.6 Å². The number of benzene rings is 1. The molecule has 0 amide bonds. The molecule has 6 heteroatoms. The molecule has 1 N–H and O–H groups in total. The number of nitrogens with zero attached hydrogens (tertiary/aromatic N) is 2. The summed E-state index contributed by atoms with van der Waals surface area (Å²) < 4.78 is 18.9. The summed E-state index contributed by atoms with van der Waals surface area (Å²) in [5.74, 6) is -0.330. The smallest absolute Gasteiger partial charge is 0.124 e. The molecule has 1 aromatic carbocycles. The molecule has 3 rings (SSSR count). The first-order chi connectivity index (χ1) is 9.72. The van der Waals surface area contributed by atoms with E-state index < -0.39 is 0 Å². The van der Waals surface area contributed by atoms with Crippen molar-refractivity contribution in [3.8, 4) is 0 Å². The number of halogens is 2. The molecule has 106 valence electrons. The van der Waals surface area contributed by atoms with E-state index in [4.69, 9.17) is 16.3 Å². The molecule has 0 saturated carbocycles. The first-order valence-electron chi connectivity index (χ1n) is 6.48. The minimum Gasteiger partial charge on any atom is -0.371 e. The molecule has 1 unspecified atom stereocenters. The van der Waals surface area contributed by atoms with Crippen LogP contribution in [0.3, 0.4) is 0 Å². The second-order valence-corrected chi connectivity index (χ2v) is 5.24. The molecule has 1 saturated heterocycles. The lowest BCUT2D eigenvalue weighted by atomic mass is 10.1. The van der Waals surface area contributed by atoms with Crippen LogP contribution in [0, 0.1) is 5.82 Å². The van der Waals surface area contributed by atoms with E-state index >= 15 is 0 Å². The quantitative estimate of drug-likeness (QED) is 0.947. The Morgan fingerprint density at radius 1 is 1.50 bits per heavy atom. The fourth-order valence-electron chi connectivity index (χ4n) is 2.41. The Balaban J connectivity index is 1.71. The Kier molecular flexibility index (Phi) is 4.00. The molecule has 1 aliphatic rings. The number of hydrogen-bond donors (Lipinski definition) is 1. The average molecular weight is 296 g/mol. The van der Waals surface area contributed by atoms with Gasteiger partial charge < -0.3 is 9.72 Å². The maximum absolute atomic E-state index is 13.1. The van der Waals surface area contributed by atoms with Gasteiger partial charge in [0.05, 0.1) is 19.0 Å². The summed E-state index contributed by atoms with van der Waals surface area (Å²) in [6.45, 7) is 3.00. The molecule has 0 aliphatic carbocycles. The average Bonchev–Trinajstić information content (AvgIpc) is 2.92. The van der Waals surface area contributed by atoms with Crippen LogP contribution in [-0.2, 0) is 11.3 Å². The van der Waals surface area contributed by atoms with E-state index in [-0.39, 0.29) is 11.9 Å². The molecule has 1 aliphatic heterocycles. The van der Waals surface area contributed by atoms with Crippen molar-refractivity contribution in [2.24, 2.45) is 0 Å². The highest BCUT2D eigenvalue weighted by Gasteiger charge is 2.24. The van der Waals surface area contributed by atoms with Crippen LogP contribution < -0.4 is 0 Å². The third kappa shape index (κ3) is 3.00. The standard InChI is InChI=1S/C14H15ClFN3O/c15-13-5-10(16)1-2-12(13)14-8-19(3-4-20-14)7-11-6-17-9-18-11/h1-2,5-6,9,14H,3-4,7-8H2,(H,17,18). The van der Waals surface area contributed by atoms with Gasteiger partial charge >= 0.3 is 0 Å². The van der Waals surface area contributed by atoms with Gasteiger partial charge in [0.15, 0.2) is 0 Å². The number of aromatic amines is 1. The van der Waals surface area contributed by atoms with Crippen molar-refractivity contribution in [1.82, 2.24) is 14.9 Å². The zero-order valence-corrected chi connectivity index (χ0v) is 11.6. The number of hydrogen-bond acceptors (Lipinski definition) is 3. The fraction of sp³-hybridized carbons (Fsp3) is 0.357. The zero-order valence-electron chi connectivity index (χ0n) is 10.9. The van der Waals surface area contributed by atoms with E-state index in [0.717, 1.165) is 30.9 Å². The lowest BCUT2D eigenvalue weighted by molar-refractivity contribution is -0.0332. The minimum absolute atomic E-state index is 0.125. The fourth-order valence-corrected chi connectivity index (χ4v) is 2.70. The lowest BCUT2D eigenvalue weighted by Gasteiger charge is -2.33. The zero-order chi connectivity index (χ0) is 13.9. The van der Waals surface area contributed by atoms with Crippen molar-refractivity contribution >= 4 is 11.6 Å². The van der Waals surface area contributed by atoms with E-state index in [1.54, 1.807) is 12.4 Å². The second-order valence-electron chi connectivity index (χ2n) is 4.84. The number of H-pyrrole nitrogens is 1. The van der Waals surface area contributed by atoms with Gasteiger partial charge in [0.2, 0.25) is 0 Å². The SMILES string of the molecule is Fc1ccc(C2CN(Cc3cnc[nH]3)CCO2)c(Cl)c1. The summed E-state index contributed by atoms with van der Waals surface area (Å²) in [6, 6.07) is 4.44. The maximum atomic E-state index is 13.1. The molecule has 0 spiro atoms. The number of aromatic nitrogens is 2. The van der Waals surface area contributed by atoms with Crippen LogP contribution in [-0.4, -0.2) is 34.6 Å². The van der Waals surface area contributed by atoms with Crippen LogP contribution in [0.4, 0.5) is 4.39 Å².